The van der Waals surface area contributed by atoms with Crippen LogP contribution in [0.1, 0.15) is 31.7 Å². The van der Waals surface area contributed by atoms with Crippen LogP contribution in [-0.4, -0.2) is 10.7 Å². The van der Waals surface area contributed by atoms with Gasteiger partial charge in [-0.05, 0) is 0 Å². The van der Waals surface area contributed by atoms with Crippen LogP contribution < -0.4 is 0 Å². The van der Waals surface area contributed by atoms with E-state index in [2.05, 4.69) is 11.8 Å². The fourth-order valence-electron chi connectivity index (χ4n) is 1.24. The summed E-state index contributed by atoms with van der Waals surface area (Å²) in [5.41, 5.74) is 1.10. The topological polar surface area (TPSA) is 9.23 Å². The SMILES string of the molecule is CCO[C](=[W])CCCC#Cc1ccccc1. The molecule has 0 fully saturated rings. The second-order valence-corrected chi connectivity index (χ2v) is 4.96. The van der Waals surface area contributed by atoms with Crippen LogP contribution in [-0.2, 0) is 24.1 Å². The Morgan fingerprint density at radius 3 is 2.75 bits per heavy atom. The quantitative estimate of drug-likeness (QED) is 0.561. The molecule has 0 amide bonds. The van der Waals surface area contributed by atoms with Crippen molar-refractivity contribution in [1.82, 2.24) is 0 Å². The van der Waals surface area contributed by atoms with E-state index in [1.807, 2.05) is 37.3 Å². The molecular formula is C14H16OW. The molecule has 16 heavy (non-hydrogen) atoms. The fourth-order valence-corrected chi connectivity index (χ4v) is 2.18. The zero-order valence-electron chi connectivity index (χ0n) is 9.53. The monoisotopic (exact) mass is 384 g/mol. The summed E-state index contributed by atoms with van der Waals surface area (Å²) in [4.78, 5) is 0. The van der Waals surface area contributed by atoms with Gasteiger partial charge in [-0.15, -0.1) is 0 Å². The molecule has 0 saturated carbocycles. The fraction of sp³-hybridized carbons (Fsp3) is 0.357. The second-order valence-electron chi connectivity index (χ2n) is 3.33. The zero-order valence-corrected chi connectivity index (χ0v) is 12.5. The molecule has 0 atom stereocenters. The second kappa shape index (κ2) is 8.45. The predicted molar refractivity (Wildman–Crippen MR) is 63.8 cm³/mol. The van der Waals surface area contributed by atoms with Crippen LogP contribution in [0.5, 0.6) is 0 Å². The first kappa shape index (κ1) is 13.4. The average Bonchev–Trinajstić information content (AvgIpc) is 2.30. The summed E-state index contributed by atoms with van der Waals surface area (Å²) in [6.07, 6.45) is 3.09. The Labute approximate surface area is 109 Å². The van der Waals surface area contributed by atoms with E-state index in [0.717, 1.165) is 31.4 Å². The van der Waals surface area contributed by atoms with Crippen LogP contribution in [0.4, 0.5) is 0 Å². The third-order valence-electron chi connectivity index (χ3n) is 1.99. The van der Waals surface area contributed by atoms with Crippen molar-refractivity contribution in [3.63, 3.8) is 0 Å². The third kappa shape index (κ3) is 6.01. The summed E-state index contributed by atoms with van der Waals surface area (Å²) in [6.45, 7) is 2.81. The molecule has 0 aliphatic rings. The van der Waals surface area contributed by atoms with Gasteiger partial charge in [0.1, 0.15) is 0 Å². The van der Waals surface area contributed by atoms with Crippen LogP contribution in [0.2, 0.25) is 0 Å². The minimum absolute atomic E-state index is 0.786. The van der Waals surface area contributed by atoms with Crippen LogP contribution >= 0.6 is 0 Å². The molecule has 0 saturated heterocycles. The Morgan fingerprint density at radius 1 is 1.31 bits per heavy atom. The maximum absolute atomic E-state index is 5.41. The molecule has 1 nitrogen and oxygen atoms in total. The van der Waals surface area contributed by atoms with Crippen molar-refractivity contribution in [3.8, 4) is 11.8 Å². The molecule has 1 rings (SSSR count). The van der Waals surface area contributed by atoms with Gasteiger partial charge in [0.05, 0.1) is 0 Å². The van der Waals surface area contributed by atoms with Crippen LogP contribution in [0, 0.1) is 11.8 Å². The predicted octanol–water partition coefficient (Wildman–Crippen LogP) is 2.92. The molecule has 0 bridgehead atoms. The van der Waals surface area contributed by atoms with Gasteiger partial charge in [0.2, 0.25) is 0 Å². The van der Waals surface area contributed by atoms with Crippen molar-refractivity contribution in [2.45, 2.75) is 26.2 Å². The van der Waals surface area contributed by atoms with E-state index in [4.69, 9.17) is 4.74 Å². The molecule has 2 heteroatoms. The summed E-state index contributed by atoms with van der Waals surface area (Å²) < 4.78 is 6.61. The molecule has 0 spiro atoms. The molecule has 0 aliphatic heterocycles. The van der Waals surface area contributed by atoms with Gasteiger partial charge < -0.3 is 0 Å². The van der Waals surface area contributed by atoms with Gasteiger partial charge in [-0.25, -0.2) is 0 Å². The van der Waals surface area contributed by atoms with E-state index in [9.17, 15) is 0 Å². The Balaban J connectivity index is 2.21. The molecule has 0 aromatic heterocycles. The van der Waals surface area contributed by atoms with Crippen molar-refractivity contribution < 1.29 is 24.1 Å². The Bertz CT molecular complexity index is 373. The van der Waals surface area contributed by atoms with Gasteiger partial charge in [0.25, 0.3) is 0 Å². The molecule has 1 aromatic rings. The zero-order chi connectivity index (χ0) is 11.6. The third-order valence-corrected chi connectivity index (χ3v) is 3.15. The maximum atomic E-state index is 5.41. The van der Waals surface area contributed by atoms with Gasteiger partial charge in [0, 0.05) is 0 Å². The van der Waals surface area contributed by atoms with Crippen molar-refractivity contribution in [1.29, 1.82) is 0 Å². The molecular weight excluding hydrogens is 368 g/mol. The van der Waals surface area contributed by atoms with Crippen molar-refractivity contribution in [3.05, 3.63) is 35.9 Å². The van der Waals surface area contributed by atoms with Crippen molar-refractivity contribution in [2.75, 3.05) is 6.61 Å². The molecule has 0 radical (unpaired) electrons. The van der Waals surface area contributed by atoms with E-state index in [1.165, 1.54) is 23.4 Å². The van der Waals surface area contributed by atoms with E-state index in [1.54, 1.807) is 0 Å². The summed E-state index contributed by atoms with van der Waals surface area (Å²) in [5.74, 6) is 6.35. The molecule has 0 N–H and O–H groups in total. The molecule has 0 unspecified atom stereocenters. The first-order chi connectivity index (χ1) is 7.83. The van der Waals surface area contributed by atoms with Gasteiger partial charge in [-0.3, -0.25) is 0 Å². The number of hydrogen-bond donors (Lipinski definition) is 0. The van der Waals surface area contributed by atoms with E-state index < -0.39 is 0 Å². The average molecular weight is 384 g/mol. The Hall–Kier alpha value is -0.702. The van der Waals surface area contributed by atoms with E-state index in [0.29, 0.717) is 0 Å². The van der Waals surface area contributed by atoms with Crippen LogP contribution in [0.25, 0.3) is 0 Å². The Kier molecular flexibility index (Phi) is 7.06. The number of benzene rings is 1. The number of ether oxygens (including phenoxy) is 1. The van der Waals surface area contributed by atoms with Crippen LogP contribution in [0.3, 0.4) is 0 Å². The number of hydrogen-bond acceptors (Lipinski definition) is 1. The van der Waals surface area contributed by atoms with Gasteiger partial charge in [-0.2, -0.15) is 0 Å². The number of unbranched alkanes of at least 4 members (excludes halogenated alkanes) is 1. The van der Waals surface area contributed by atoms with Gasteiger partial charge >= 0.3 is 109 Å². The minimum atomic E-state index is 0.786. The molecule has 0 heterocycles. The summed E-state index contributed by atoms with van der Waals surface area (Å²) >= 11 is 1.44. The summed E-state index contributed by atoms with van der Waals surface area (Å²) in [7, 11) is 0. The molecule has 84 valence electrons. The Morgan fingerprint density at radius 2 is 2.06 bits per heavy atom. The standard InChI is InChI=1S/C14H16O.W/c1-2-15-13-9-4-3-6-10-14-11-7-5-8-12-14;/h5,7-8,11-12H,2-4,9H2,1H3;. The first-order valence-corrected chi connectivity index (χ1v) is 6.99. The van der Waals surface area contributed by atoms with Crippen molar-refractivity contribution >= 4 is 4.08 Å². The number of rotatable bonds is 5. The van der Waals surface area contributed by atoms with E-state index in [-0.39, 0.29) is 0 Å². The molecule has 0 aliphatic carbocycles. The van der Waals surface area contributed by atoms with Crippen molar-refractivity contribution in [2.24, 2.45) is 0 Å². The normalized spacial score (nSPS) is 9.31. The summed E-state index contributed by atoms with van der Waals surface area (Å²) in [6, 6.07) is 10.1. The van der Waals surface area contributed by atoms with Gasteiger partial charge in [0.15, 0.2) is 0 Å². The van der Waals surface area contributed by atoms with Crippen LogP contribution in [0.15, 0.2) is 30.3 Å². The van der Waals surface area contributed by atoms with Gasteiger partial charge in [-0.1, -0.05) is 0 Å². The summed E-state index contributed by atoms with van der Waals surface area (Å²) in [5, 5.41) is 0. The van der Waals surface area contributed by atoms with E-state index >= 15 is 0 Å². The molecule has 1 aromatic carbocycles. The first-order valence-electron chi connectivity index (χ1n) is 5.52.